The number of rotatable bonds is 6. The van der Waals surface area contributed by atoms with Crippen LogP contribution in [0.1, 0.15) is 37.8 Å². The maximum absolute atomic E-state index is 10.5. The van der Waals surface area contributed by atoms with Crippen molar-refractivity contribution in [2.45, 2.75) is 46.1 Å². The third-order valence-electron chi connectivity index (χ3n) is 2.54. The number of benzene rings is 1. The first-order valence-corrected chi connectivity index (χ1v) is 6.45. The topological polar surface area (TPSA) is 46.5 Å². The van der Waals surface area contributed by atoms with Crippen molar-refractivity contribution in [1.29, 1.82) is 0 Å². The largest absolute Gasteiger partial charge is 0.491 e. The van der Waals surface area contributed by atoms with E-state index >= 15 is 0 Å². The van der Waals surface area contributed by atoms with E-state index in [4.69, 9.17) is 21.4 Å². The summed E-state index contributed by atoms with van der Waals surface area (Å²) in [5.74, 6) is 0.0248. The lowest BCUT2D eigenvalue weighted by atomic mass is 10.0. The number of carboxylic acids is 1. The van der Waals surface area contributed by atoms with Gasteiger partial charge < -0.3 is 9.84 Å². The minimum absolute atomic E-state index is 0.0869. The number of hydrogen-bond acceptors (Lipinski definition) is 2. The van der Waals surface area contributed by atoms with Crippen molar-refractivity contribution in [2.75, 3.05) is 0 Å². The van der Waals surface area contributed by atoms with Crippen LogP contribution in [-0.4, -0.2) is 17.2 Å². The summed E-state index contributed by atoms with van der Waals surface area (Å²) in [5.41, 5.74) is 1.94. The maximum Gasteiger partial charge on any atom is 0.303 e. The Hall–Kier alpha value is -1.22. The molecule has 0 atom stereocenters. The zero-order chi connectivity index (χ0) is 13.7. The number of aliphatic carboxylic acids is 1. The molecule has 4 heteroatoms. The van der Waals surface area contributed by atoms with E-state index in [2.05, 4.69) is 0 Å². The summed E-state index contributed by atoms with van der Waals surface area (Å²) in [4.78, 5) is 10.5. The highest BCUT2D eigenvalue weighted by molar-refractivity contribution is 6.31. The van der Waals surface area contributed by atoms with Crippen molar-refractivity contribution in [3.63, 3.8) is 0 Å². The smallest absolute Gasteiger partial charge is 0.303 e. The Morgan fingerprint density at radius 1 is 1.44 bits per heavy atom. The van der Waals surface area contributed by atoms with Crippen LogP contribution in [0.25, 0.3) is 0 Å². The molecular weight excluding hydrogens is 252 g/mol. The Balaban J connectivity index is 2.85. The molecular formula is C14H19ClO3. The van der Waals surface area contributed by atoms with Gasteiger partial charge in [-0.15, -0.1) is 0 Å². The van der Waals surface area contributed by atoms with Gasteiger partial charge in [-0.05, 0) is 56.9 Å². The second kappa shape index (κ2) is 6.64. The lowest BCUT2D eigenvalue weighted by Crippen LogP contribution is -2.08. The molecule has 0 unspecified atom stereocenters. The second-order valence-corrected chi connectivity index (χ2v) is 5.03. The summed E-state index contributed by atoms with van der Waals surface area (Å²) in [6.45, 7) is 5.85. The first-order valence-electron chi connectivity index (χ1n) is 6.07. The molecule has 0 saturated carbocycles. The van der Waals surface area contributed by atoms with E-state index in [1.165, 1.54) is 0 Å². The average Bonchev–Trinajstić information content (AvgIpc) is 2.23. The highest BCUT2D eigenvalue weighted by Crippen LogP contribution is 2.28. The van der Waals surface area contributed by atoms with Gasteiger partial charge in [0, 0.05) is 11.4 Å². The summed E-state index contributed by atoms with van der Waals surface area (Å²) in [7, 11) is 0. The van der Waals surface area contributed by atoms with Crippen LogP contribution in [-0.2, 0) is 11.2 Å². The number of hydrogen-bond donors (Lipinski definition) is 1. The quantitative estimate of drug-likeness (QED) is 0.854. The molecule has 100 valence electrons. The molecule has 1 rings (SSSR count). The minimum atomic E-state index is -0.778. The van der Waals surface area contributed by atoms with Crippen LogP contribution in [0.5, 0.6) is 5.75 Å². The standard InChI is InChI=1S/C14H19ClO3/c1-9(2)18-13-7-10(3)12(15)8-11(13)5-4-6-14(16)17/h7-9H,4-6H2,1-3H3,(H,16,17). The van der Waals surface area contributed by atoms with Crippen molar-refractivity contribution in [2.24, 2.45) is 0 Å². The van der Waals surface area contributed by atoms with Gasteiger partial charge in [0.2, 0.25) is 0 Å². The van der Waals surface area contributed by atoms with Gasteiger partial charge >= 0.3 is 5.97 Å². The van der Waals surface area contributed by atoms with Crippen molar-refractivity contribution < 1.29 is 14.6 Å². The van der Waals surface area contributed by atoms with Crippen molar-refractivity contribution in [1.82, 2.24) is 0 Å². The summed E-state index contributed by atoms with van der Waals surface area (Å²) in [5, 5.41) is 9.34. The van der Waals surface area contributed by atoms with E-state index in [1.807, 2.05) is 32.9 Å². The van der Waals surface area contributed by atoms with Crippen LogP contribution in [0.15, 0.2) is 12.1 Å². The monoisotopic (exact) mass is 270 g/mol. The normalized spacial score (nSPS) is 10.7. The summed E-state index contributed by atoms with van der Waals surface area (Å²) < 4.78 is 5.73. The zero-order valence-electron chi connectivity index (χ0n) is 11.0. The fourth-order valence-corrected chi connectivity index (χ4v) is 1.87. The molecule has 0 aliphatic rings. The van der Waals surface area contributed by atoms with Crippen molar-refractivity contribution in [3.8, 4) is 5.75 Å². The number of aryl methyl sites for hydroxylation is 2. The minimum Gasteiger partial charge on any atom is -0.491 e. The molecule has 0 aliphatic carbocycles. The average molecular weight is 271 g/mol. The van der Waals surface area contributed by atoms with E-state index in [9.17, 15) is 4.79 Å². The third kappa shape index (κ3) is 4.57. The van der Waals surface area contributed by atoms with Gasteiger partial charge in [0.25, 0.3) is 0 Å². The van der Waals surface area contributed by atoms with E-state index < -0.39 is 5.97 Å². The lowest BCUT2D eigenvalue weighted by molar-refractivity contribution is -0.137. The first kappa shape index (κ1) is 14.8. The van der Waals surface area contributed by atoms with Crippen LogP contribution in [0.4, 0.5) is 0 Å². The van der Waals surface area contributed by atoms with Crippen LogP contribution in [0.2, 0.25) is 5.02 Å². The molecule has 18 heavy (non-hydrogen) atoms. The van der Waals surface area contributed by atoms with E-state index in [-0.39, 0.29) is 12.5 Å². The molecule has 0 amide bonds. The Labute approximate surface area is 113 Å². The second-order valence-electron chi connectivity index (χ2n) is 4.62. The molecule has 1 N–H and O–H groups in total. The molecule has 0 aliphatic heterocycles. The fraction of sp³-hybridized carbons (Fsp3) is 0.500. The van der Waals surface area contributed by atoms with Crippen LogP contribution in [0, 0.1) is 6.92 Å². The number of ether oxygens (including phenoxy) is 1. The predicted octanol–water partition coefficient (Wildman–Crippen LogP) is 3.84. The fourth-order valence-electron chi connectivity index (χ4n) is 1.69. The predicted molar refractivity (Wildman–Crippen MR) is 72.5 cm³/mol. The summed E-state index contributed by atoms with van der Waals surface area (Å²) in [6, 6.07) is 3.79. The van der Waals surface area contributed by atoms with Gasteiger partial charge in [-0.1, -0.05) is 11.6 Å². The van der Waals surface area contributed by atoms with Gasteiger partial charge in [0.05, 0.1) is 6.10 Å². The van der Waals surface area contributed by atoms with E-state index in [1.54, 1.807) is 0 Å². The molecule has 3 nitrogen and oxygen atoms in total. The van der Waals surface area contributed by atoms with Crippen molar-refractivity contribution in [3.05, 3.63) is 28.3 Å². The van der Waals surface area contributed by atoms with Gasteiger partial charge in [0.1, 0.15) is 5.75 Å². The molecule has 0 fully saturated rings. The Morgan fingerprint density at radius 2 is 2.11 bits per heavy atom. The van der Waals surface area contributed by atoms with Crippen LogP contribution >= 0.6 is 11.6 Å². The van der Waals surface area contributed by atoms with Crippen LogP contribution < -0.4 is 4.74 Å². The first-order chi connectivity index (χ1) is 8.40. The van der Waals surface area contributed by atoms with Gasteiger partial charge in [0.15, 0.2) is 0 Å². The summed E-state index contributed by atoms with van der Waals surface area (Å²) in [6.07, 6.45) is 1.49. The Kier molecular flexibility index (Phi) is 5.48. The van der Waals surface area contributed by atoms with E-state index in [0.29, 0.717) is 17.9 Å². The van der Waals surface area contributed by atoms with Crippen molar-refractivity contribution >= 4 is 17.6 Å². The third-order valence-corrected chi connectivity index (χ3v) is 2.95. The molecule has 0 radical (unpaired) electrons. The number of halogens is 1. The van der Waals surface area contributed by atoms with Gasteiger partial charge in [-0.25, -0.2) is 0 Å². The Bertz CT molecular complexity index is 427. The van der Waals surface area contributed by atoms with Gasteiger partial charge in [-0.3, -0.25) is 4.79 Å². The lowest BCUT2D eigenvalue weighted by Gasteiger charge is -2.15. The number of carbonyl (C=O) groups is 1. The molecule has 0 spiro atoms. The maximum atomic E-state index is 10.5. The van der Waals surface area contributed by atoms with Gasteiger partial charge in [-0.2, -0.15) is 0 Å². The molecule has 1 aromatic rings. The highest BCUT2D eigenvalue weighted by Gasteiger charge is 2.10. The summed E-state index contributed by atoms with van der Waals surface area (Å²) >= 11 is 6.09. The molecule has 1 aromatic carbocycles. The van der Waals surface area contributed by atoms with Crippen LogP contribution in [0.3, 0.4) is 0 Å². The molecule has 0 heterocycles. The molecule has 0 aromatic heterocycles. The van der Waals surface area contributed by atoms with E-state index in [0.717, 1.165) is 16.9 Å². The zero-order valence-corrected chi connectivity index (χ0v) is 11.8. The molecule has 0 saturated heterocycles. The Morgan fingerprint density at radius 3 is 2.67 bits per heavy atom. The molecule has 0 bridgehead atoms. The highest BCUT2D eigenvalue weighted by atomic mass is 35.5. The number of carboxylic acid groups (broad SMARTS) is 1. The SMILES string of the molecule is Cc1cc(OC(C)C)c(CCCC(=O)O)cc1Cl.